The average molecular weight is 315 g/mol. The molecular weight excluding hydrogens is 286 g/mol. The zero-order valence-electron chi connectivity index (χ0n) is 14.0. The van der Waals surface area contributed by atoms with Crippen molar-refractivity contribution in [3.63, 3.8) is 0 Å². The molecule has 0 saturated carbocycles. The second kappa shape index (κ2) is 8.06. The molecule has 0 aromatic heterocycles. The summed E-state index contributed by atoms with van der Waals surface area (Å²) in [5.41, 5.74) is -0.410. The normalized spacial score (nSPS) is 17.1. The predicted octanol–water partition coefficient (Wildman–Crippen LogP) is 4.08. The van der Waals surface area contributed by atoms with Crippen LogP contribution in [0.1, 0.15) is 60.3 Å². The number of hydrogen-bond donors (Lipinski definition) is 0. The van der Waals surface area contributed by atoms with Crippen LogP contribution in [0, 0.1) is 5.92 Å². The van der Waals surface area contributed by atoms with E-state index in [0.717, 1.165) is 25.7 Å². The van der Waals surface area contributed by atoms with Gasteiger partial charge in [0.2, 0.25) is 0 Å². The Morgan fingerprint density at radius 3 is 2.33 bits per heavy atom. The smallest absolute Gasteiger partial charge is 0.410 e. The standard InChI is InChI=1S/C16H29NO3S/c1-12(2)6-9-16(4,5)20-15(19)17-10-7-14(8-11-17)21-13(3)18/h12,14H,6-11H2,1-5H3. The molecule has 1 aliphatic rings. The van der Waals surface area contributed by atoms with E-state index in [4.69, 9.17) is 4.74 Å². The number of hydrogen-bond acceptors (Lipinski definition) is 4. The predicted molar refractivity (Wildman–Crippen MR) is 87.5 cm³/mol. The summed E-state index contributed by atoms with van der Waals surface area (Å²) in [6.07, 6.45) is 3.46. The Kier molecular flexibility index (Phi) is 7.04. The second-order valence-corrected chi connectivity index (χ2v) is 8.33. The molecule has 1 saturated heterocycles. The van der Waals surface area contributed by atoms with Crippen molar-refractivity contribution in [2.45, 2.75) is 71.2 Å². The van der Waals surface area contributed by atoms with Crippen LogP contribution in [0.2, 0.25) is 0 Å². The van der Waals surface area contributed by atoms with Gasteiger partial charge < -0.3 is 9.64 Å². The minimum Gasteiger partial charge on any atom is -0.443 e. The largest absolute Gasteiger partial charge is 0.443 e. The summed E-state index contributed by atoms with van der Waals surface area (Å²) in [6, 6.07) is 0. The lowest BCUT2D eigenvalue weighted by molar-refractivity contribution is -0.109. The minimum absolute atomic E-state index is 0.158. The number of rotatable bonds is 5. The molecule has 5 heteroatoms. The highest BCUT2D eigenvalue weighted by Gasteiger charge is 2.29. The highest BCUT2D eigenvalue weighted by atomic mass is 32.2. The zero-order valence-corrected chi connectivity index (χ0v) is 14.8. The molecule has 122 valence electrons. The van der Waals surface area contributed by atoms with Gasteiger partial charge >= 0.3 is 6.09 Å². The maximum Gasteiger partial charge on any atom is 0.410 e. The van der Waals surface area contributed by atoms with E-state index in [1.807, 2.05) is 13.8 Å². The third-order valence-corrected chi connectivity index (χ3v) is 4.86. The quantitative estimate of drug-likeness (QED) is 0.767. The third kappa shape index (κ3) is 7.21. The number of piperidine rings is 1. The van der Waals surface area contributed by atoms with Crippen molar-refractivity contribution in [2.75, 3.05) is 13.1 Å². The second-order valence-electron chi connectivity index (χ2n) is 6.86. The summed E-state index contributed by atoms with van der Waals surface area (Å²) < 4.78 is 5.66. The number of nitrogens with zero attached hydrogens (tertiary/aromatic N) is 1. The third-order valence-electron chi connectivity index (χ3n) is 3.72. The van der Waals surface area contributed by atoms with Crippen LogP contribution >= 0.6 is 11.8 Å². The van der Waals surface area contributed by atoms with Gasteiger partial charge in [0.25, 0.3) is 0 Å². The van der Waals surface area contributed by atoms with E-state index in [0.29, 0.717) is 24.3 Å². The molecule has 0 N–H and O–H groups in total. The van der Waals surface area contributed by atoms with Crippen LogP contribution in [0.4, 0.5) is 4.79 Å². The Morgan fingerprint density at radius 2 is 1.86 bits per heavy atom. The average Bonchev–Trinajstić information content (AvgIpc) is 2.36. The minimum atomic E-state index is -0.410. The van der Waals surface area contributed by atoms with Crippen LogP contribution in [0.3, 0.4) is 0 Å². The molecule has 0 unspecified atom stereocenters. The van der Waals surface area contributed by atoms with Crippen LogP contribution in [-0.4, -0.2) is 40.0 Å². The van der Waals surface area contributed by atoms with Gasteiger partial charge in [-0.25, -0.2) is 4.79 Å². The van der Waals surface area contributed by atoms with Crippen LogP contribution in [0.5, 0.6) is 0 Å². The van der Waals surface area contributed by atoms with Crippen LogP contribution in [-0.2, 0) is 9.53 Å². The van der Waals surface area contributed by atoms with Gasteiger partial charge in [0.05, 0.1) is 0 Å². The molecule has 1 aliphatic heterocycles. The number of thioether (sulfide) groups is 1. The maximum absolute atomic E-state index is 12.2. The van der Waals surface area contributed by atoms with Gasteiger partial charge in [0, 0.05) is 25.3 Å². The molecule has 0 bridgehead atoms. The fourth-order valence-electron chi connectivity index (χ4n) is 2.38. The lowest BCUT2D eigenvalue weighted by Crippen LogP contribution is -2.43. The van der Waals surface area contributed by atoms with Gasteiger partial charge in [-0.1, -0.05) is 25.6 Å². The molecule has 1 heterocycles. The fourth-order valence-corrected chi connectivity index (χ4v) is 3.30. The van der Waals surface area contributed by atoms with E-state index in [2.05, 4.69) is 13.8 Å². The molecule has 4 nitrogen and oxygen atoms in total. The van der Waals surface area contributed by atoms with Gasteiger partial charge in [-0.05, 0) is 45.4 Å². The van der Waals surface area contributed by atoms with E-state index >= 15 is 0 Å². The Hall–Kier alpha value is -0.710. The number of likely N-dealkylation sites (tertiary alicyclic amines) is 1. The first-order valence-electron chi connectivity index (χ1n) is 7.85. The van der Waals surface area contributed by atoms with E-state index in [1.54, 1.807) is 11.8 Å². The Labute approximate surface area is 133 Å². The fraction of sp³-hybridized carbons (Fsp3) is 0.875. The van der Waals surface area contributed by atoms with Crippen molar-refractivity contribution in [1.82, 2.24) is 4.90 Å². The van der Waals surface area contributed by atoms with Crippen molar-refractivity contribution < 1.29 is 14.3 Å². The summed E-state index contributed by atoms with van der Waals surface area (Å²) >= 11 is 1.40. The van der Waals surface area contributed by atoms with Crippen LogP contribution in [0.25, 0.3) is 0 Å². The van der Waals surface area contributed by atoms with Gasteiger partial charge in [0.15, 0.2) is 5.12 Å². The van der Waals surface area contributed by atoms with Crippen molar-refractivity contribution in [3.05, 3.63) is 0 Å². The molecule has 0 aromatic carbocycles. The number of ether oxygens (including phenoxy) is 1. The summed E-state index contributed by atoms with van der Waals surface area (Å²) in [7, 11) is 0. The molecule has 21 heavy (non-hydrogen) atoms. The summed E-state index contributed by atoms with van der Waals surface area (Å²) in [4.78, 5) is 25.1. The monoisotopic (exact) mass is 315 g/mol. The SMILES string of the molecule is CC(=O)SC1CCN(C(=O)OC(C)(C)CCC(C)C)CC1. The molecule has 0 spiro atoms. The first kappa shape index (κ1) is 18.3. The first-order valence-corrected chi connectivity index (χ1v) is 8.73. The number of carbonyl (C=O) groups excluding carboxylic acids is 2. The van der Waals surface area contributed by atoms with Gasteiger partial charge in [0.1, 0.15) is 5.60 Å². The molecule has 0 aromatic rings. The Balaban J connectivity index is 2.38. The van der Waals surface area contributed by atoms with Crippen molar-refractivity contribution >= 4 is 23.0 Å². The number of carbonyl (C=O) groups is 2. The van der Waals surface area contributed by atoms with E-state index in [9.17, 15) is 9.59 Å². The highest BCUT2D eigenvalue weighted by molar-refractivity contribution is 8.14. The number of amides is 1. The summed E-state index contributed by atoms with van der Waals surface area (Å²) in [5.74, 6) is 0.613. The van der Waals surface area contributed by atoms with Gasteiger partial charge in [-0.3, -0.25) is 4.79 Å². The van der Waals surface area contributed by atoms with Crippen molar-refractivity contribution in [2.24, 2.45) is 5.92 Å². The lowest BCUT2D eigenvalue weighted by atomic mass is 9.97. The Morgan fingerprint density at radius 1 is 1.29 bits per heavy atom. The van der Waals surface area contributed by atoms with Gasteiger partial charge in [-0.2, -0.15) is 0 Å². The molecule has 1 rings (SSSR count). The topological polar surface area (TPSA) is 46.6 Å². The highest BCUT2D eigenvalue weighted by Crippen LogP contribution is 2.26. The van der Waals surface area contributed by atoms with E-state index < -0.39 is 5.60 Å². The summed E-state index contributed by atoms with van der Waals surface area (Å²) in [6.45, 7) is 11.3. The van der Waals surface area contributed by atoms with E-state index in [-0.39, 0.29) is 11.2 Å². The van der Waals surface area contributed by atoms with Crippen LogP contribution in [0.15, 0.2) is 0 Å². The Bertz CT molecular complexity index is 361. The van der Waals surface area contributed by atoms with Crippen LogP contribution < -0.4 is 0 Å². The lowest BCUT2D eigenvalue weighted by Gasteiger charge is -2.34. The molecule has 0 atom stereocenters. The first-order chi connectivity index (χ1) is 9.69. The van der Waals surface area contributed by atoms with Crippen molar-refractivity contribution in [3.8, 4) is 0 Å². The van der Waals surface area contributed by atoms with Crippen molar-refractivity contribution in [1.29, 1.82) is 0 Å². The molecule has 0 radical (unpaired) electrons. The summed E-state index contributed by atoms with van der Waals surface area (Å²) in [5, 5.41) is 0.506. The molecule has 1 fully saturated rings. The van der Waals surface area contributed by atoms with E-state index in [1.165, 1.54) is 11.8 Å². The molecule has 1 amide bonds. The van der Waals surface area contributed by atoms with Gasteiger partial charge in [-0.15, -0.1) is 0 Å². The molecular formula is C16H29NO3S. The molecule has 0 aliphatic carbocycles. The maximum atomic E-state index is 12.2. The zero-order chi connectivity index (χ0) is 16.0.